The summed E-state index contributed by atoms with van der Waals surface area (Å²) in [6.07, 6.45) is 3.07. The largest absolute Gasteiger partial charge is 0.464 e. The first-order valence-corrected chi connectivity index (χ1v) is 6.40. The van der Waals surface area contributed by atoms with Gasteiger partial charge >= 0.3 is 5.97 Å². The summed E-state index contributed by atoms with van der Waals surface area (Å²) >= 11 is 0. The Balaban J connectivity index is 2.35. The van der Waals surface area contributed by atoms with E-state index < -0.39 is 5.97 Å². The van der Waals surface area contributed by atoms with Crippen molar-refractivity contribution in [1.29, 1.82) is 0 Å². The molecule has 0 fully saturated rings. The maximum absolute atomic E-state index is 11.7. The number of methoxy groups -OCH3 is 1. The molecule has 0 radical (unpaired) electrons. The number of likely N-dealkylation sites (N-methyl/N-ethyl adjacent to an activating group) is 1. The smallest absolute Gasteiger partial charge is 0.354 e. The average molecular weight is 284 g/mol. The van der Waals surface area contributed by atoms with Crippen LogP contribution in [0.5, 0.6) is 0 Å². The van der Waals surface area contributed by atoms with E-state index in [1.54, 1.807) is 24.9 Å². The minimum absolute atomic E-state index is 0.364. The summed E-state index contributed by atoms with van der Waals surface area (Å²) in [5, 5.41) is 0. The van der Waals surface area contributed by atoms with Gasteiger partial charge < -0.3 is 9.64 Å². The van der Waals surface area contributed by atoms with Crippen LogP contribution in [0.3, 0.4) is 0 Å². The molecular formula is C15H16N4O2. The lowest BCUT2D eigenvalue weighted by atomic mass is 10.2. The summed E-state index contributed by atoms with van der Waals surface area (Å²) in [5.41, 5.74) is 1.25. The van der Waals surface area contributed by atoms with Gasteiger partial charge in [0.1, 0.15) is 12.0 Å². The Bertz CT molecular complexity index is 656. The summed E-state index contributed by atoms with van der Waals surface area (Å²) < 4.78 is 4.74. The first-order chi connectivity index (χ1) is 10.2. The third-order valence-corrected chi connectivity index (χ3v) is 2.92. The lowest BCUT2D eigenvalue weighted by molar-refractivity contribution is -0.136. The Morgan fingerprint density at radius 1 is 1.24 bits per heavy atom. The van der Waals surface area contributed by atoms with Crippen LogP contribution in [-0.2, 0) is 9.53 Å². The van der Waals surface area contributed by atoms with Gasteiger partial charge in [-0.3, -0.25) is 0 Å². The van der Waals surface area contributed by atoms with E-state index in [2.05, 4.69) is 15.0 Å². The number of nitrogens with zero attached hydrogens (tertiary/aromatic N) is 4. The molecule has 0 atom stereocenters. The Kier molecular flexibility index (Phi) is 4.61. The first-order valence-electron chi connectivity index (χ1n) is 6.40. The third-order valence-electron chi connectivity index (χ3n) is 2.92. The quantitative estimate of drug-likeness (QED) is 0.632. The van der Waals surface area contributed by atoms with Crippen LogP contribution >= 0.6 is 0 Å². The number of rotatable bonds is 4. The third kappa shape index (κ3) is 3.22. The van der Waals surface area contributed by atoms with Gasteiger partial charge in [0.05, 0.1) is 7.11 Å². The van der Waals surface area contributed by atoms with E-state index in [9.17, 15) is 4.79 Å². The molecule has 1 aromatic heterocycles. The molecular weight excluding hydrogens is 268 g/mol. The topological polar surface area (TPSA) is 68.2 Å². The summed E-state index contributed by atoms with van der Waals surface area (Å²) in [7, 11) is 3.04. The second-order valence-corrected chi connectivity index (χ2v) is 4.20. The molecule has 2 aromatic rings. The highest BCUT2D eigenvalue weighted by Gasteiger charge is 2.18. The Hall–Kier alpha value is -2.76. The zero-order valence-electron chi connectivity index (χ0n) is 12.1. The fourth-order valence-electron chi connectivity index (χ4n) is 1.84. The van der Waals surface area contributed by atoms with E-state index >= 15 is 0 Å². The molecule has 0 aliphatic carbocycles. The summed E-state index contributed by atoms with van der Waals surface area (Å²) in [6, 6.07) is 9.57. The van der Waals surface area contributed by atoms with Gasteiger partial charge in [-0.2, -0.15) is 4.98 Å². The van der Waals surface area contributed by atoms with E-state index in [-0.39, 0.29) is 0 Å². The number of allylic oxidation sites excluding steroid dienone is 1. The van der Waals surface area contributed by atoms with Crippen molar-refractivity contribution in [3.8, 4) is 11.4 Å². The number of benzene rings is 1. The zero-order valence-corrected chi connectivity index (χ0v) is 12.1. The van der Waals surface area contributed by atoms with Gasteiger partial charge in [-0.1, -0.05) is 36.4 Å². The van der Waals surface area contributed by atoms with Crippen LogP contribution in [-0.4, -0.2) is 35.1 Å². The number of carbonyl (C=O) groups is 1. The number of hydrogen-bond donors (Lipinski definition) is 0. The van der Waals surface area contributed by atoms with Crippen molar-refractivity contribution in [2.45, 2.75) is 6.92 Å². The molecule has 0 N–H and O–H groups in total. The minimum Gasteiger partial charge on any atom is -0.464 e. The maximum Gasteiger partial charge on any atom is 0.354 e. The number of esters is 1. The van der Waals surface area contributed by atoms with Crippen LogP contribution in [0.15, 0.2) is 48.4 Å². The number of carbonyl (C=O) groups excluding carboxylic acids is 1. The normalized spacial score (nSPS) is 11.1. The fraction of sp³-hybridized carbons (Fsp3) is 0.200. The number of ether oxygens (including phenoxy) is 1. The summed E-state index contributed by atoms with van der Waals surface area (Å²) in [4.78, 5) is 25.9. The number of hydrogen-bond acceptors (Lipinski definition) is 6. The molecule has 108 valence electrons. The van der Waals surface area contributed by atoms with Crippen LogP contribution in [0.2, 0.25) is 0 Å². The lowest BCUT2D eigenvalue weighted by Crippen LogP contribution is -2.25. The van der Waals surface area contributed by atoms with Crippen molar-refractivity contribution >= 4 is 11.9 Å². The molecule has 0 amide bonds. The molecule has 0 saturated carbocycles. The Morgan fingerprint density at radius 2 is 1.95 bits per heavy atom. The van der Waals surface area contributed by atoms with Crippen molar-refractivity contribution in [1.82, 2.24) is 15.0 Å². The molecule has 0 aliphatic rings. The molecule has 6 nitrogen and oxygen atoms in total. The van der Waals surface area contributed by atoms with Gasteiger partial charge in [0.15, 0.2) is 5.82 Å². The van der Waals surface area contributed by atoms with E-state index in [1.807, 2.05) is 30.3 Å². The molecule has 1 aromatic carbocycles. The van der Waals surface area contributed by atoms with E-state index in [4.69, 9.17) is 4.74 Å². The zero-order chi connectivity index (χ0) is 15.2. The van der Waals surface area contributed by atoms with Crippen LogP contribution in [0.4, 0.5) is 5.95 Å². The SMILES string of the molecule is CC=C(C(=O)OC)N(C)c1ncnc(-c2ccccc2)n1. The predicted molar refractivity (Wildman–Crippen MR) is 79.4 cm³/mol. The first kappa shape index (κ1) is 14.6. The van der Waals surface area contributed by atoms with Crippen LogP contribution in [0.25, 0.3) is 11.4 Å². The van der Waals surface area contributed by atoms with Gasteiger partial charge in [-0.05, 0) is 6.92 Å². The molecule has 0 aliphatic heterocycles. The molecule has 1 heterocycles. The second kappa shape index (κ2) is 6.60. The molecule has 2 rings (SSSR count). The van der Waals surface area contributed by atoms with Gasteiger partial charge in [-0.15, -0.1) is 0 Å². The van der Waals surface area contributed by atoms with Crippen molar-refractivity contribution in [3.63, 3.8) is 0 Å². The second-order valence-electron chi connectivity index (χ2n) is 4.20. The molecule has 0 spiro atoms. The number of aromatic nitrogens is 3. The van der Waals surface area contributed by atoms with Crippen LogP contribution in [0, 0.1) is 0 Å². The standard InChI is InChI=1S/C15H16N4O2/c1-4-12(14(20)21-3)19(2)15-17-10-16-13(18-15)11-8-6-5-7-9-11/h4-10H,1-3H3. The lowest BCUT2D eigenvalue weighted by Gasteiger charge is -2.18. The highest BCUT2D eigenvalue weighted by molar-refractivity contribution is 5.91. The van der Waals surface area contributed by atoms with Crippen LogP contribution in [0.1, 0.15) is 6.92 Å². The van der Waals surface area contributed by atoms with Crippen molar-refractivity contribution in [2.75, 3.05) is 19.1 Å². The average Bonchev–Trinajstić information content (AvgIpc) is 2.56. The van der Waals surface area contributed by atoms with Crippen LogP contribution < -0.4 is 4.90 Å². The van der Waals surface area contributed by atoms with Crippen molar-refractivity contribution in [2.24, 2.45) is 0 Å². The van der Waals surface area contributed by atoms with E-state index in [0.29, 0.717) is 17.5 Å². The van der Waals surface area contributed by atoms with Gasteiger partial charge in [0.25, 0.3) is 0 Å². The Labute approximate surface area is 123 Å². The molecule has 0 bridgehead atoms. The molecule has 6 heteroatoms. The highest BCUT2D eigenvalue weighted by atomic mass is 16.5. The van der Waals surface area contributed by atoms with Crippen molar-refractivity contribution < 1.29 is 9.53 Å². The van der Waals surface area contributed by atoms with E-state index in [1.165, 1.54) is 13.4 Å². The van der Waals surface area contributed by atoms with E-state index in [0.717, 1.165) is 5.56 Å². The monoisotopic (exact) mass is 284 g/mol. The highest BCUT2D eigenvalue weighted by Crippen LogP contribution is 2.18. The van der Waals surface area contributed by atoms with Crippen molar-refractivity contribution in [3.05, 3.63) is 48.4 Å². The fourth-order valence-corrected chi connectivity index (χ4v) is 1.84. The summed E-state index contributed by atoms with van der Waals surface area (Å²) in [6.45, 7) is 1.75. The maximum atomic E-state index is 11.7. The molecule has 0 saturated heterocycles. The Morgan fingerprint density at radius 3 is 2.57 bits per heavy atom. The molecule has 21 heavy (non-hydrogen) atoms. The predicted octanol–water partition coefficient (Wildman–Crippen LogP) is 2.05. The van der Waals surface area contributed by atoms with Gasteiger partial charge in [-0.25, -0.2) is 14.8 Å². The summed E-state index contributed by atoms with van der Waals surface area (Å²) in [5.74, 6) is 0.483. The number of anilines is 1. The van der Waals surface area contributed by atoms with Gasteiger partial charge in [0.2, 0.25) is 5.95 Å². The van der Waals surface area contributed by atoms with Gasteiger partial charge in [0, 0.05) is 12.6 Å². The minimum atomic E-state index is -0.443. The molecule has 0 unspecified atom stereocenters.